The fourth-order valence-electron chi connectivity index (χ4n) is 1.50. The van der Waals surface area contributed by atoms with Crippen molar-refractivity contribution in [3.63, 3.8) is 0 Å². The Bertz CT molecular complexity index is 489. The Morgan fingerprint density at radius 2 is 1.42 bits per heavy atom. The summed E-state index contributed by atoms with van der Waals surface area (Å²) in [5, 5.41) is 2.50. The third-order valence-electron chi connectivity index (χ3n) is 2.97. The Kier molecular flexibility index (Phi) is 9.30. The van der Waals surface area contributed by atoms with Gasteiger partial charge in [-0.3, -0.25) is 9.59 Å². The highest BCUT2D eigenvalue weighted by molar-refractivity contribution is 6.29. The van der Waals surface area contributed by atoms with Gasteiger partial charge in [-0.05, 0) is 39.7 Å². The number of Topliss-reactive ketones (excluding diaryl/α,β-unsaturated/α-hetero) is 1. The van der Waals surface area contributed by atoms with Gasteiger partial charge in [0, 0.05) is 12.0 Å². The van der Waals surface area contributed by atoms with Crippen LogP contribution >= 0.6 is 0 Å². The smallest absolute Gasteiger partial charge is 0.417 e. The fraction of sp³-hybridized carbons (Fsp3) is 0.529. The van der Waals surface area contributed by atoms with Crippen molar-refractivity contribution in [1.29, 1.82) is 0 Å². The lowest BCUT2D eigenvalue weighted by molar-refractivity contribution is -0.173. The summed E-state index contributed by atoms with van der Waals surface area (Å²) < 4.78 is 9.78. The van der Waals surface area contributed by atoms with Crippen LogP contribution in [-0.2, 0) is 28.7 Å². The third kappa shape index (κ3) is 8.87. The number of carbonyl (C=O) groups is 4. The number of nitrogens with one attached hydrogen (secondary N) is 1. The minimum absolute atomic E-state index is 0.0490. The van der Waals surface area contributed by atoms with E-state index in [-0.39, 0.29) is 31.1 Å². The second-order valence-electron chi connectivity index (χ2n) is 5.66. The zero-order valence-corrected chi connectivity index (χ0v) is 14.6. The molecule has 0 aromatic heterocycles. The summed E-state index contributed by atoms with van der Waals surface area (Å²) in [5.74, 6) is -2.77. The predicted molar refractivity (Wildman–Crippen MR) is 88.0 cm³/mol. The molecule has 0 aliphatic heterocycles. The summed E-state index contributed by atoms with van der Waals surface area (Å²) >= 11 is 0. The van der Waals surface area contributed by atoms with Gasteiger partial charge in [0.05, 0.1) is 6.54 Å². The van der Waals surface area contributed by atoms with E-state index in [1.165, 1.54) is 6.92 Å². The molecule has 0 radical (unpaired) electrons. The average Bonchev–Trinajstić information content (AvgIpc) is 2.49. The minimum Gasteiger partial charge on any atom is -0.454 e. The molecule has 0 saturated heterocycles. The monoisotopic (exact) mass is 339 g/mol. The van der Waals surface area contributed by atoms with Crippen LogP contribution < -0.4 is 5.32 Å². The van der Waals surface area contributed by atoms with Crippen molar-refractivity contribution in [3.8, 4) is 0 Å². The number of allylic oxidation sites excluding steroid dienone is 1. The molecule has 0 aliphatic carbocycles. The van der Waals surface area contributed by atoms with Crippen LogP contribution in [0.2, 0.25) is 0 Å². The van der Waals surface area contributed by atoms with Gasteiger partial charge in [0.1, 0.15) is 12.2 Å². The second-order valence-corrected chi connectivity index (χ2v) is 5.66. The maximum atomic E-state index is 11.6. The average molecular weight is 339 g/mol. The number of amides is 1. The van der Waals surface area contributed by atoms with Crippen LogP contribution in [0.15, 0.2) is 24.3 Å². The lowest BCUT2D eigenvalue weighted by Crippen LogP contribution is -2.35. The van der Waals surface area contributed by atoms with E-state index in [1.54, 1.807) is 20.8 Å². The molecule has 2 unspecified atom stereocenters. The number of rotatable bonds is 9. The molecule has 24 heavy (non-hydrogen) atoms. The van der Waals surface area contributed by atoms with Crippen LogP contribution in [0.5, 0.6) is 0 Å². The number of hydrogen-bond acceptors (Lipinski definition) is 6. The zero-order chi connectivity index (χ0) is 18.9. The van der Waals surface area contributed by atoms with Gasteiger partial charge in [-0.25, -0.2) is 9.59 Å². The second kappa shape index (κ2) is 10.4. The van der Waals surface area contributed by atoms with Gasteiger partial charge in [-0.2, -0.15) is 0 Å². The van der Waals surface area contributed by atoms with E-state index in [0.717, 1.165) is 0 Å². The number of ether oxygens (including phenoxy) is 2. The van der Waals surface area contributed by atoms with E-state index < -0.39 is 24.1 Å². The Morgan fingerprint density at radius 3 is 1.88 bits per heavy atom. The summed E-state index contributed by atoms with van der Waals surface area (Å²) in [6.45, 7) is 13.3. The van der Waals surface area contributed by atoms with Crippen LogP contribution in [0.1, 0.15) is 40.5 Å². The normalized spacial score (nSPS) is 12.5. The SMILES string of the molecule is C=C(C)C(=O)CCC(C)OC(=O)C(=O)OC(C)CNC(=O)C(=C)C. The lowest BCUT2D eigenvalue weighted by atomic mass is 10.1. The maximum Gasteiger partial charge on any atom is 0.417 e. The molecule has 0 spiro atoms. The largest absolute Gasteiger partial charge is 0.454 e. The number of hydrogen-bond donors (Lipinski definition) is 1. The topological polar surface area (TPSA) is 98.8 Å². The van der Waals surface area contributed by atoms with E-state index in [1.807, 2.05) is 0 Å². The van der Waals surface area contributed by atoms with E-state index in [4.69, 9.17) is 9.47 Å². The summed E-state index contributed by atoms with van der Waals surface area (Å²) in [6, 6.07) is 0. The number of ketones is 1. The molecular weight excluding hydrogens is 314 g/mol. The van der Waals surface area contributed by atoms with Crippen LogP contribution in [0.4, 0.5) is 0 Å². The van der Waals surface area contributed by atoms with Gasteiger partial charge < -0.3 is 14.8 Å². The molecule has 1 amide bonds. The van der Waals surface area contributed by atoms with E-state index in [9.17, 15) is 19.2 Å². The van der Waals surface area contributed by atoms with Gasteiger partial charge in [0.2, 0.25) is 5.91 Å². The van der Waals surface area contributed by atoms with Crippen molar-refractivity contribution < 1.29 is 28.7 Å². The van der Waals surface area contributed by atoms with Crippen molar-refractivity contribution in [3.05, 3.63) is 24.3 Å². The van der Waals surface area contributed by atoms with Crippen molar-refractivity contribution in [2.24, 2.45) is 0 Å². The first kappa shape index (κ1) is 21.6. The fourth-order valence-corrected chi connectivity index (χ4v) is 1.50. The first-order valence-corrected chi connectivity index (χ1v) is 7.58. The summed E-state index contributed by atoms with van der Waals surface area (Å²) in [5.41, 5.74) is 0.754. The van der Waals surface area contributed by atoms with Crippen molar-refractivity contribution in [2.75, 3.05) is 6.54 Å². The van der Waals surface area contributed by atoms with Gasteiger partial charge >= 0.3 is 11.9 Å². The maximum absolute atomic E-state index is 11.6. The standard InChI is InChI=1S/C17H25NO6/c1-10(2)14(19)8-7-12(5)23-16(21)17(22)24-13(6)9-18-15(20)11(3)4/h12-13H,1,3,7-9H2,2,4-6H3,(H,18,20). The highest BCUT2D eigenvalue weighted by Crippen LogP contribution is 2.07. The van der Waals surface area contributed by atoms with Crippen molar-refractivity contribution in [2.45, 2.75) is 52.7 Å². The van der Waals surface area contributed by atoms with Crippen LogP contribution in [-0.4, -0.2) is 42.4 Å². The summed E-state index contributed by atoms with van der Waals surface area (Å²) in [4.78, 5) is 45.9. The molecule has 0 aromatic carbocycles. The molecule has 0 fully saturated rings. The molecule has 2 atom stereocenters. The molecule has 7 heteroatoms. The predicted octanol–water partition coefficient (Wildman–Crippen LogP) is 1.47. The molecule has 0 rings (SSSR count). The Morgan fingerprint density at radius 1 is 0.917 bits per heavy atom. The highest BCUT2D eigenvalue weighted by atomic mass is 16.6. The number of esters is 2. The van der Waals surface area contributed by atoms with Crippen molar-refractivity contribution >= 4 is 23.6 Å². The molecule has 0 saturated carbocycles. The molecule has 7 nitrogen and oxygen atoms in total. The van der Waals surface area contributed by atoms with Crippen LogP contribution in [0.25, 0.3) is 0 Å². The Labute approximate surface area is 142 Å². The van der Waals surface area contributed by atoms with E-state index in [2.05, 4.69) is 18.5 Å². The van der Waals surface area contributed by atoms with Crippen LogP contribution in [0, 0.1) is 0 Å². The first-order chi connectivity index (χ1) is 11.0. The molecule has 0 bridgehead atoms. The van der Waals surface area contributed by atoms with E-state index in [0.29, 0.717) is 11.1 Å². The van der Waals surface area contributed by atoms with Crippen molar-refractivity contribution in [1.82, 2.24) is 5.32 Å². The van der Waals surface area contributed by atoms with Gasteiger partial charge in [0.15, 0.2) is 5.78 Å². The Balaban J connectivity index is 4.20. The summed E-state index contributed by atoms with van der Waals surface area (Å²) in [7, 11) is 0. The molecule has 0 aliphatic rings. The Hall–Kier alpha value is -2.44. The molecule has 0 aromatic rings. The molecule has 134 valence electrons. The number of carbonyl (C=O) groups excluding carboxylic acids is 4. The van der Waals surface area contributed by atoms with Crippen LogP contribution in [0.3, 0.4) is 0 Å². The third-order valence-corrected chi connectivity index (χ3v) is 2.97. The zero-order valence-electron chi connectivity index (χ0n) is 14.6. The van der Waals surface area contributed by atoms with Gasteiger partial charge in [-0.1, -0.05) is 13.2 Å². The minimum atomic E-state index is -1.15. The van der Waals surface area contributed by atoms with Gasteiger partial charge in [0.25, 0.3) is 0 Å². The highest BCUT2D eigenvalue weighted by Gasteiger charge is 2.23. The van der Waals surface area contributed by atoms with E-state index >= 15 is 0 Å². The van der Waals surface area contributed by atoms with Gasteiger partial charge in [-0.15, -0.1) is 0 Å². The summed E-state index contributed by atoms with van der Waals surface area (Å²) in [6.07, 6.45) is -0.836. The molecule has 1 N–H and O–H groups in total. The first-order valence-electron chi connectivity index (χ1n) is 7.58. The molecular formula is C17H25NO6. The quantitative estimate of drug-likeness (QED) is 0.388. The lowest BCUT2D eigenvalue weighted by Gasteiger charge is -2.15. The molecule has 0 heterocycles.